The smallest absolute Gasteiger partial charge is 0.387 e. The van der Waals surface area contributed by atoms with E-state index >= 15 is 0 Å². The Balaban J connectivity index is 2.01. The molecule has 2 rings (SSSR count). The third kappa shape index (κ3) is 3.34. The molecule has 0 bridgehead atoms. The van der Waals surface area contributed by atoms with Crippen LogP contribution in [0.15, 0.2) is 0 Å². The van der Waals surface area contributed by atoms with Crippen molar-refractivity contribution in [1.29, 1.82) is 5.41 Å². The molecule has 0 spiro atoms. The third-order valence-corrected chi connectivity index (χ3v) is 3.87. The first-order valence-corrected chi connectivity index (χ1v) is 6.67. The molecule has 0 amide bonds. The Kier molecular flexibility index (Phi) is 3.96. The number of alkyl halides is 3. The van der Waals surface area contributed by atoms with Crippen molar-refractivity contribution in [2.45, 2.75) is 39.5 Å². The van der Waals surface area contributed by atoms with E-state index in [1.807, 2.05) is 18.7 Å². The topological polar surface area (TPSA) is 83.8 Å². The molecule has 0 aromatic carbocycles. The molecule has 0 unspecified atom stereocenters. The molecule has 0 fully saturated rings. The SMILES string of the molecule is CC(C)(CCN1CCn2c(nnc2C(F)(F)F)C1)C(=N)N. The van der Waals surface area contributed by atoms with Crippen molar-refractivity contribution in [3.8, 4) is 0 Å². The fourth-order valence-corrected chi connectivity index (χ4v) is 2.18. The van der Waals surface area contributed by atoms with Gasteiger partial charge in [0.15, 0.2) is 0 Å². The van der Waals surface area contributed by atoms with Gasteiger partial charge >= 0.3 is 6.18 Å². The van der Waals surface area contributed by atoms with Gasteiger partial charge in [-0.15, -0.1) is 10.2 Å². The monoisotopic (exact) mass is 304 g/mol. The number of nitrogens with zero attached hydrogens (tertiary/aromatic N) is 4. The molecule has 1 aliphatic heterocycles. The molecular weight excluding hydrogens is 285 g/mol. The number of halogens is 3. The maximum Gasteiger partial charge on any atom is 0.451 e. The fourth-order valence-electron chi connectivity index (χ4n) is 2.18. The molecule has 0 atom stereocenters. The molecule has 0 saturated heterocycles. The molecule has 3 N–H and O–H groups in total. The predicted octanol–water partition coefficient (Wildman–Crippen LogP) is 1.46. The van der Waals surface area contributed by atoms with Crippen LogP contribution in [0.1, 0.15) is 31.9 Å². The van der Waals surface area contributed by atoms with Gasteiger partial charge in [-0.05, 0) is 13.0 Å². The van der Waals surface area contributed by atoms with Crippen LogP contribution in [0, 0.1) is 10.8 Å². The van der Waals surface area contributed by atoms with Crippen LogP contribution in [0.25, 0.3) is 0 Å². The minimum Gasteiger partial charge on any atom is -0.387 e. The second-order valence-electron chi connectivity index (χ2n) is 5.91. The van der Waals surface area contributed by atoms with Gasteiger partial charge < -0.3 is 10.3 Å². The molecule has 118 valence electrons. The predicted molar refractivity (Wildman–Crippen MR) is 70.6 cm³/mol. The highest BCUT2D eigenvalue weighted by molar-refractivity contribution is 5.82. The van der Waals surface area contributed by atoms with Crippen LogP contribution in [0.5, 0.6) is 0 Å². The van der Waals surface area contributed by atoms with E-state index in [0.29, 0.717) is 31.9 Å². The van der Waals surface area contributed by atoms with Crippen molar-refractivity contribution in [3.05, 3.63) is 11.6 Å². The molecule has 0 saturated carbocycles. The Morgan fingerprint density at radius 3 is 2.52 bits per heavy atom. The maximum absolute atomic E-state index is 12.7. The average molecular weight is 304 g/mol. The lowest BCUT2D eigenvalue weighted by Gasteiger charge is -2.31. The summed E-state index contributed by atoms with van der Waals surface area (Å²) in [5.74, 6) is -0.488. The van der Waals surface area contributed by atoms with Crippen molar-refractivity contribution < 1.29 is 13.2 Å². The molecule has 0 aliphatic carbocycles. The van der Waals surface area contributed by atoms with E-state index in [-0.39, 0.29) is 12.4 Å². The number of fused-ring (bicyclic) bond motifs is 1. The Bertz CT molecular complexity index is 534. The maximum atomic E-state index is 12.7. The van der Waals surface area contributed by atoms with Crippen LogP contribution in [-0.4, -0.2) is 38.6 Å². The Hall–Kier alpha value is -1.64. The average Bonchev–Trinajstić information content (AvgIpc) is 2.79. The summed E-state index contributed by atoms with van der Waals surface area (Å²) in [4.78, 5) is 2.01. The van der Waals surface area contributed by atoms with Gasteiger partial charge in [-0.1, -0.05) is 13.8 Å². The summed E-state index contributed by atoms with van der Waals surface area (Å²) in [5.41, 5.74) is 5.11. The van der Waals surface area contributed by atoms with Gasteiger partial charge in [-0.3, -0.25) is 10.3 Å². The van der Waals surface area contributed by atoms with Gasteiger partial charge in [-0.25, -0.2) is 0 Å². The summed E-state index contributed by atoms with van der Waals surface area (Å²) in [5, 5.41) is 14.4. The standard InChI is InChI=1S/C12H19F3N6/c1-11(2,9(16)17)3-4-20-5-6-21-8(7-20)18-19-10(21)12(13,14)15/h3-7H2,1-2H3,(H3,16,17). The van der Waals surface area contributed by atoms with Crippen molar-refractivity contribution in [1.82, 2.24) is 19.7 Å². The van der Waals surface area contributed by atoms with Gasteiger partial charge in [-0.2, -0.15) is 13.2 Å². The normalized spacial score (nSPS) is 16.8. The third-order valence-electron chi connectivity index (χ3n) is 3.87. The number of hydrogen-bond acceptors (Lipinski definition) is 4. The fraction of sp³-hybridized carbons (Fsp3) is 0.750. The first kappa shape index (κ1) is 15.7. The molecular formula is C12H19F3N6. The van der Waals surface area contributed by atoms with Crippen LogP contribution in [-0.2, 0) is 19.3 Å². The minimum absolute atomic E-state index is 0.113. The van der Waals surface area contributed by atoms with Gasteiger partial charge in [0.05, 0.1) is 12.4 Å². The minimum atomic E-state index is -4.47. The van der Waals surface area contributed by atoms with E-state index in [2.05, 4.69) is 10.2 Å². The van der Waals surface area contributed by atoms with Crippen LogP contribution in [0.2, 0.25) is 0 Å². The lowest BCUT2D eigenvalue weighted by atomic mass is 9.88. The molecule has 1 aliphatic rings. The van der Waals surface area contributed by atoms with Crippen molar-refractivity contribution in [2.75, 3.05) is 13.1 Å². The van der Waals surface area contributed by atoms with Crippen LogP contribution < -0.4 is 5.73 Å². The summed E-state index contributed by atoms with van der Waals surface area (Å²) in [6.45, 7) is 5.46. The highest BCUT2D eigenvalue weighted by atomic mass is 19.4. The van der Waals surface area contributed by atoms with E-state index < -0.39 is 17.4 Å². The highest BCUT2D eigenvalue weighted by Gasteiger charge is 2.39. The number of rotatable bonds is 4. The zero-order chi connectivity index (χ0) is 15.8. The largest absolute Gasteiger partial charge is 0.451 e. The Labute approximate surface area is 120 Å². The van der Waals surface area contributed by atoms with E-state index in [1.165, 1.54) is 0 Å². The summed E-state index contributed by atoms with van der Waals surface area (Å²) >= 11 is 0. The van der Waals surface area contributed by atoms with Crippen LogP contribution in [0.4, 0.5) is 13.2 Å². The summed E-state index contributed by atoms with van der Waals surface area (Å²) < 4.78 is 39.3. The molecule has 1 aromatic heterocycles. The lowest BCUT2D eigenvalue weighted by Crippen LogP contribution is -2.39. The highest BCUT2D eigenvalue weighted by Crippen LogP contribution is 2.29. The quantitative estimate of drug-likeness (QED) is 0.651. The number of nitrogens with two attached hydrogens (primary N) is 1. The zero-order valence-electron chi connectivity index (χ0n) is 12.0. The van der Waals surface area contributed by atoms with Crippen LogP contribution in [0.3, 0.4) is 0 Å². The van der Waals surface area contributed by atoms with E-state index in [9.17, 15) is 13.2 Å². The molecule has 0 radical (unpaired) electrons. The summed E-state index contributed by atoms with van der Waals surface area (Å²) in [6, 6.07) is 0. The van der Waals surface area contributed by atoms with Crippen molar-refractivity contribution >= 4 is 5.84 Å². The van der Waals surface area contributed by atoms with Crippen molar-refractivity contribution in [2.24, 2.45) is 11.1 Å². The van der Waals surface area contributed by atoms with E-state index in [0.717, 1.165) is 4.57 Å². The lowest BCUT2D eigenvalue weighted by molar-refractivity contribution is -0.148. The van der Waals surface area contributed by atoms with Gasteiger partial charge in [0.25, 0.3) is 0 Å². The van der Waals surface area contributed by atoms with Gasteiger partial charge in [0, 0.05) is 18.5 Å². The van der Waals surface area contributed by atoms with Gasteiger partial charge in [0.1, 0.15) is 5.82 Å². The second kappa shape index (κ2) is 5.28. The van der Waals surface area contributed by atoms with Crippen LogP contribution >= 0.6 is 0 Å². The number of amidine groups is 1. The van der Waals surface area contributed by atoms with E-state index in [4.69, 9.17) is 11.1 Å². The Morgan fingerprint density at radius 2 is 1.95 bits per heavy atom. The van der Waals surface area contributed by atoms with Crippen molar-refractivity contribution in [3.63, 3.8) is 0 Å². The van der Waals surface area contributed by atoms with E-state index in [1.54, 1.807) is 0 Å². The number of hydrogen-bond donors (Lipinski definition) is 2. The van der Waals surface area contributed by atoms with Gasteiger partial charge in [0.2, 0.25) is 5.82 Å². The molecule has 2 heterocycles. The number of nitrogens with one attached hydrogen (secondary N) is 1. The number of aromatic nitrogens is 3. The molecule has 9 heteroatoms. The Morgan fingerprint density at radius 1 is 1.29 bits per heavy atom. The molecule has 6 nitrogen and oxygen atoms in total. The summed E-state index contributed by atoms with van der Waals surface area (Å²) in [7, 11) is 0. The first-order valence-electron chi connectivity index (χ1n) is 6.67. The zero-order valence-corrected chi connectivity index (χ0v) is 12.0. The molecule has 1 aromatic rings. The second-order valence-corrected chi connectivity index (χ2v) is 5.91. The first-order chi connectivity index (χ1) is 9.61. The molecule has 21 heavy (non-hydrogen) atoms. The summed E-state index contributed by atoms with van der Waals surface area (Å²) in [6.07, 6.45) is -3.80.